The zero-order chi connectivity index (χ0) is 29.4. The predicted molar refractivity (Wildman–Crippen MR) is 156 cm³/mol. The number of aliphatic carboxylic acids is 1. The number of carbonyl (C=O) groups is 3. The molecule has 0 radical (unpaired) electrons. The van der Waals surface area contributed by atoms with Crippen molar-refractivity contribution >= 4 is 18.0 Å². The van der Waals surface area contributed by atoms with Gasteiger partial charge in [0.2, 0.25) is 5.91 Å². The molecule has 8 heteroatoms. The second kappa shape index (κ2) is 13.9. The zero-order valence-corrected chi connectivity index (χ0v) is 23.8. The Hall–Kier alpha value is -4.17. The molecule has 0 saturated heterocycles. The Morgan fingerprint density at radius 3 is 2.05 bits per heavy atom. The summed E-state index contributed by atoms with van der Waals surface area (Å²) in [4.78, 5) is 39.6. The molecule has 2 unspecified atom stereocenters. The van der Waals surface area contributed by atoms with Gasteiger partial charge in [0.1, 0.15) is 12.6 Å². The van der Waals surface area contributed by atoms with E-state index in [1.165, 1.54) is 0 Å². The zero-order valence-electron chi connectivity index (χ0n) is 23.8. The summed E-state index contributed by atoms with van der Waals surface area (Å²) in [6.45, 7) is 6.09. The molecule has 2 atom stereocenters. The van der Waals surface area contributed by atoms with Crippen LogP contribution in [0.2, 0.25) is 0 Å². The molecule has 3 aromatic rings. The van der Waals surface area contributed by atoms with E-state index in [2.05, 4.69) is 17.4 Å². The lowest BCUT2D eigenvalue weighted by molar-refractivity contribution is -0.141. The third kappa shape index (κ3) is 7.52. The van der Waals surface area contributed by atoms with Crippen LogP contribution in [0.3, 0.4) is 0 Å². The number of carboxylic acids is 1. The number of carboxylic acid groups (broad SMARTS) is 1. The highest BCUT2D eigenvalue weighted by atomic mass is 16.5. The highest BCUT2D eigenvalue weighted by molar-refractivity contribution is 5.86. The van der Waals surface area contributed by atoms with E-state index in [0.717, 1.165) is 27.8 Å². The molecule has 216 valence electrons. The summed E-state index contributed by atoms with van der Waals surface area (Å²) >= 11 is 0. The maximum Gasteiger partial charge on any atom is 0.407 e. The smallest absolute Gasteiger partial charge is 0.407 e. The van der Waals surface area contributed by atoms with Gasteiger partial charge < -0.3 is 24.8 Å². The van der Waals surface area contributed by atoms with Crippen LogP contribution in [0.5, 0.6) is 0 Å². The summed E-state index contributed by atoms with van der Waals surface area (Å²) in [6.07, 6.45) is -1.14. The quantitative estimate of drug-likeness (QED) is 0.283. The Kier molecular flexibility index (Phi) is 10.1. The highest BCUT2D eigenvalue weighted by Crippen LogP contribution is 2.44. The Morgan fingerprint density at radius 2 is 1.46 bits per heavy atom. The van der Waals surface area contributed by atoms with Gasteiger partial charge in [-0.25, -0.2) is 4.79 Å². The van der Waals surface area contributed by atoms with E-state index < -0.39 is 24.2 Å². The summed E-state index contributed by atoms with van der Waals surface area (Å²) in [6, 6.07) is 24.5. The lowest BCUT2D eigenvalue weighted by Crippen LogP contribution is -2.56. The number of fused-ring (bicyclic) bond motifs is 3. The fraction of sp³-hybridized carbons (Fsp3) is 0.364. The number of alkyl carbamates (subject to hydrolysis) is 1. The lowest BCUT2D eigenvalue weighted by Gasteiger charge is -2.33. The number of ether oxygens (including phenoxy) is 2. The fourth-order valence-electron chi connectivity index (χ4n) is 5.25. The van der Waals surface area contributed by atoms with Crippen molar-refractivity contribution in [1.29, 1.82) is 0 Å². The first kappa shape index (κ1) is 29.8. The van der Waals surface area contributed by atoms with Crippen LogP contribution in [-0.4, -0.2) is 59.3 Å². The number of benzene rings is 3. The van der Waals surface area contributed by atoms with Crippen molar-refractivity contribution in [1.82, 2.24) is 10.2 Å². The molecule has 4 rings (SSSR count). The van der Waals surface area contributed by atoms with Crippen molar-refractivity contribution in [2.75, 3.05) is 13.2 Å². The van der Waals surface area contributed by atoms with Gasteiger partial charge in [-0.05, 0) is 55.0 Å². The Labute approximate surface area is 241 Å². The molecular weight excluding hydrogens is 520 g/mol. The summed E-state index contributed by atoms with van der Waals surface area (Å²) in [5, 5.41) is 11.8. The van der Waals surface area contributed by atoms with Crippen LogP contribution < -0.4 is 5.32 Å². The minimum absolute atomic E-state index is 0.0545. The van der Waals surface area contributed by atoms with Gasteiger partial charge in [0.15, 0.2) is 0 Å². The number of hydrogen-bond donors (Lipinski definition) is 2. The van der Waals surface area contributed by atoms with Gasteiger partial charge in [-0.1, -0.05) is 78.9 Å². The number of amides is 2. The van der Waals surface area contributed by atoms with Crippen molar-refractivity contribution in [3.63, 3.8) is 0 Å². The highest BCUT2D eigenvalue weighted by Gasteiger charge is 2.34. The molecule has 0 aromatic heterocycles. The van der Waals surface area contributed by atoms with Crippen LogP contribution in [-0.2, 0) is 25.7 Å². The van der Waals surface area contributed by atoms with Crippen LogP contribution in [0.15, 0.2) is 78.9 Å². The van der Waals surface area contributed by atoms with Crippen molar-refractivity contribution < 1.29 is 29.0 Å². The molecule has 2 N–H and O–H groups in total. The molecule has 41 heavy (non-hydrogen) atoms. The average molecular weight is 559 g/mol. The first-order valence-corrected chi connectivity index (χ1v) is 14.1. The third-order valence-electron chi connectivity index (χ3n) is 7.40. The van der Waals surface area contributed by atoms with Crippen LogP contribution in [0, 0.1) is 0 Å². The van der Waals surface area contributed by atoms with Gasteiger partial charge in [0.25, 0.3) is 0 Å². The molecule has 8 nitrogen and oxygen atoms in total. The van der Waals surface area contributed by atoms with Crippen LogP contribution in [0.1, 0.15) is 56.2 Å². The van der Waals surface area contributed by atoms with E-state index >= 15 is 0 Å². The number of nitrogens with one attached hydrogen (secondary N) is 1. The van der Waals surface area contributed by atoms with Gasteiger partial charge in [0.05, 0.1) is 12.7 Å². The minimum atomic E-state index is -1.03. The molecule has 0 fully saturated rings. The maximum atomic E-state index is 13.8. The van der Waals surface area contributed by atoms with E-state index in [0.29, 0.717) is 6.42 Å². The third-order valence-corrected chi connectivity index (χ3v) is 7.40. The molecule has 0 aliphatic heterocycles. The SMILES string of the molecule is CC(OCc1ccccc1)C(NC(=O)OCC1c2ccccc2-c2ccccc21)C(=O)N(CCCC(=O)O)C(C)C. The van der Waals surface area contributed by atoms with Gasteiger partial charge in [-0.15, -0.1) is 0 Å². The van der Waals surface area contributed by atoms with Gasteiger partial charge in [0, 0.05) is 24.9 Å². The predicted octanol–water partition coefficient (Wildman–Crippen LogP) is 5.60. The second-order valence-corrected chi connectivity index (χ2v) is 10.6. The monoisotopic (exact) mass is 558 g/mol. The van der Waals surface area contributed by atoms with Crippen molar-refractivity contribution in [2.24, 2.45) is 0 Å². The first-order valence-electron chi connectivity index (χ1n) is 14.1. The summed E-state index contributed by atoms with van der Waals surface area (Å²) < 4.78 is 11.8. The molecule has 0 saturated carbocycles. The van der Waals surface area contributed by atoms with E-state index in [1.807, 2.05) is 80.6 Å². The first-order chi connectivity index (χ1) is 19.8. The van der Waals surface area contributed by atoms with E-state index in [-0.39, 0.29) is 44.0 Å². The van der Waals surface area contributed by atoms with E-state index in [1.54, 1.807) is 11.8 Å². The average Bonchev–Trinajstić information content (AvgIpc) is 3.29. The molecule has 2 amide bonds. The fourth-order valence-corrected chi connectivity index (χ4v) is 5.25. The number of rotatable bonds is 13. The standard InChI is InChI=1S/C33H38N2O6/c1-22(2)35(19-11-18-30(36)37)32(38)31(23(3)40-20-24-12-5-4-6-13-24)34-33(39)41-21-29-27-16-9-7-14-25(27)26-15-8-10-17-28(26)29/h4-10,12-17,22-23,29,31H,11,18-21H2,1-3H3,(H,34,39)(H,36,37). The number of carbonyl (C=O) groups excluding carboxylic acids is 2. The van der Waals surface area contributed by atoms with E-state index in [9.17, 15) is 14.4 Å². The Bertz CT molecular complexity index is 1300. The lowest BCUT2D eigenvalue weighted by atomic mass is 9.98. The van der Waals surface area contributed by atoms with Crippen LogP contribution >= 0.6 is 0 Å². The van der Waals surface area contributed by atoms with Crippen molar-refractivity contribution in [2.45, 2.75) is 64.3 Å². The van der Waals surface area contributed by atoms with Crippen molar-refractivity contribution in [3.8, 4) is 11.1 Å². The molecule has 0 heterocycles. The second-order valence-electron chi connectivity index (χ2n) is 10.6. The van der Waals surface area contributed by atoms with E-state index in [4.69, 9.17) is 14.6 Å². The van der Waals surface area contributed by atoms with Crippen molar-refractivity contribution in [3.05, 3.63) is 95.6 Å². The molecule has 0 bridgehead atoms. The molecule has 1 aliphatic carbocycles. The number of nitrogens with zero attached hydrogens (tertiary/aromatic N) is 1. The molecule has 0 spiro atoms. The van der Waals surface area contributed by atoms with Gasteiger partial charge in [-0.2, -0.15) is 0 Å². The summed E-state index contributed by atoms with van der Waals surface area (Å²) in [5.74, 6) is -1.38. The Balaban J connectivity index is 1.47. The van der Waals surface area contributed by atoms with Crippen LogP contribution in [0.25, 0.3) is 11.1 Å². The van der Waals surface area contributed by atoms with Crippen LogP contribution in [0.4, 0.5) is 4.79 Å². The Morgan fingerprint density at radius 1 is 0.878 bits per heavy atom. The van der Waals surface area contributed by atoms with Gasteiger partial charge >= 0.3 is 12.1 Å². The molecule has 3 aromatic carbocycles. The van der Waals surface area contributed by atoms with Gasteiger partial charge in [-0.3, -0.25) is 9.59 Å². The largest absolute Gasteiger partial charge is 0.481 e. The minimum Gasteiger partial charge on any atom is -0.481 e. The normalized spacial score (nSPS) is 13.7. The number of hydrogen-bond acceptors (Lipinski definition) is 5. The topological polar surface area (TPSA) is 105 Å². The summed E-state index contributed by atoms with van der Waals surface area (Å²) in [7, 11) is 0. The molecular formula is C33H38N2O6. The maximum absolute atomic E-state index is 13.8. The summed E-state index contributed by atoms with van der Waals surface area (Å²) in [5.41, 5.74) is 5.38. The molecule has 1 aliphatic rings.